The minimum Gasteiger partial charge on any atom is -0.427 e. The van der Waals surface area contributed by atoms with E-state index in [1.807, 2.05) is 19.1 Å². The summed E-state index contributed by atoms with van der Waals surface area (Å²) in [6, 6.07) is 13.0. The van der Waals surface area contributed by atoms with Crippen molar-refractivity contribution in [3.8, 4) is 0 Å². The van der Waals surface area contributed by atoms with E-state index in [1.165, 1.54) is 12.6 Å². The minimum atomic E-state index is -1.43. The number of ether oxygens (including phenoxy) is 1. The van der Waals surface area contributed by atoms with Crippen LogP contribution in [-0.2, 0) is 39.3 Å². The number of nitrogens with zero attached hydrogens (tertiary/aromatic N) is 2. The molecule has 1 spiro atoms. The summed E-state index contributed by atoms with van der Waals surface area (Å²) < 4.78 is 5.72. The van der Waals surface area contributed by atoms with Gasteiger partial charge in [-0.15, -0.1) is 0 Å². The highest BCUT2D eigenvalue weighted by molar-refractivity contribution is 6.06. The molecule has 1 aliphatic heterocycles. The number of benzene rings is 2. The number of imide groups is 1. The molecule has 9 nitrogen and oxygen atoms in total. The van der Waals surface area contributed by atoms with Crippen LogP contribution in [0.25, 0.3) is 0 Å². The molecule has 1 saturated heterocycles. The molecule has 2 aromatic carbocycles. The maximum atomic E-state index is 13.6. The maximum absolute atomic E-state index is 13.6. The highest BCUT2D eigenvalue weighted by atomic mass is 16.6. The Kier molecular flexibility index (Phi) is 6.86. The predicted octanol–water partition coefficient (Wildman–Crippen LogP) is 3.95. The zero-order valence-electron chi connectivity index (χ0n) is 22.1. The van der Waals surface area contributed by atoms with E-state index in [2.05, 4.69) is 29.7 Å². The number of urea groups is 1. The Morgan fingerprint density at radius 3 is 2.50 bits per heavy atom. The third-order valence-corrected chi connectivity index (χ3v) is 8.04. The van der Waals surface area contributed by atoms with Gasteiger partial charge in [0, 0.05) is 37.3 Å². The van der Waals surface area contributed by atoms with E-state index in [4.69, 9.17) is 4.74 Å². The van der Waals surface area contributed by atoms with Crippen LogP contribution < -0.4 is 10.6 Å². The minimum absolute atomic E-state index is 0.00878. The molecule has 0 aromatic heterocycles. The summed E-state index contributed by atoms with van der Waals surface area (Å²) in [7, 11) is 1.53. The number of hydrogen-bond donors (Lipinski definition) is 2. The lowest BCUT2D eigenvalue weighted by Gasteiger charge is -2.31. The second-order valence-electron chi connectivity index (χ2n) is 10.4. The molecule has 0 bridgehead atoms. The van der Waals surface area contributed by atoms with Crippen molar-refractivity contribution in [2.75, 3.05) is 18.9 Å². The third-order valence-electron chi connectivity index (χ3n) is 8.04. The summed E-state index contributed by atoms with van der Waals surface area (Å²) >= 11 is 0. The normalized spacial score (nSPS) is 20.8. The lowest BCUT2D eigenvalue weighted by atomic mass is 9.94. The van der Waals surface area contributed by atoms with Crippen molar-refractivity contribution in [1.82, 2.24) is 15.1 Å². The van der Waals surface area contributed by atoms with Crippen molar-refractivity contribution in [3.63, 3.8) is 0 Å². The molecule has 2 aliphatic carbocycles. The number of fused-ring (bicyclic) bond motifs is 2. The van der Waals surface area contributed by atoms with Gasteiger partial charge in [-0.25, -0.2) is 14.5 Å². The topological polar surface area (TPSA) is 108 Å². The highest BCUT2D eigenvalue weighted by Gasteiger charge is 2.58. The fourth-order valence-electron chi connectivity index (χ4n) is 5.52. The monoisotopic (exact) mass is 518 g/mol. The van der Waals surface area contributed by atoms with Gasteiger partial charge in [-0.1, -0.05) is 37.3 Å². The maximum Gasteiger partial charge on any atom is 0.418 e. The Bertz CT molecular complexity index is 1270. The summed E-state index contributed by atoms with van der Waals surface area (Å²) in [6.07, 6.45) is 3.10. The predicted molar refractivity (Wildman–Crippen MR) is 141 cm³/mol. The molecule has 9 heteroatoms. The number of anilines is 1. The van der Waals surface area contributed by atoms with E-state index in [1.54, 1.807) is 23.1 Å². The standard InChI is InChI=1S/C29H34N4O5/c1-4-19-5-7-20(8-6-19)16-32(18(2)21-9-10-21)25(34)17-33-26(35)29(38-28(33)37)14-13-22-15-23(11-12-24(22)29)31-27(36)30-3/h5-8,11-12,15,18,21H,4,9-10,13-14,16-17H2,1-3H3,(H2,30,31,36)/t18-,29+/m0/s1. The molecule has 1 saturated carbocycles. The van der Waals surface area contributed by atoms with Crippen LogP contribution in [0.3, 0.4) is 0 Å². The molecule has 38 heavy (non-hydrogen) atoms. The van der Waals surface area contributed by atoms with Crippen LogP contribution in [0.5, 0.6) is 0 Å². The molecule has 2 fully saturated rings. The Hall–Kier alpha value is -3.88. The summed E-state index contributed by atoms with van der Waals surface area (Å²) in [5.41, 5.74) is 2.83. The summed E-state index contributed by atoms with van der Waals surface area (Å²) in [5, 5.41) is 5.21. The fourth-order valence-corrected chi connectivity index (χ4v) is 5.52. The third kappa shape index (κ3) is 4.73. The molecule has 2 atom stereocenters. The van der Waals surface area contributed by atoms with Crippen molar-refractivity contribution < 1.29 is 23.9 Å². The zero-order chi connectivity index (χ0) is 27.0. The van der Waals surface area contributed by atoms with Gasteiger partial charge in [-0.05, 0) is 67.3 Å². The van der Waals surface area contributed by atoms with Crippen molar-refractivity contribution >= 4 is 29.6 Å². The lowest BCUT2D eigenvalue weighted by molar-refractivity contribution is -0.143. The first kappa shape index (κ1) is 25.8. The van der Waals surface area contributed by atoms with Gasteiger partial charge in [0.15, 0.2) is 0 Å². The van der Waals surface area contributed by atoms with E-state index in [-0.39, 0.29) is 24.5 Å². The Morgan fingerprint density at radius 1 is 1.13 bits per heavy atom. The molecular formula is C29H34N4O5. The van der Waals surface area contributed by atoms with Crippen molar-refractivity contribution in [3.05, 3.63) is 64.7 Å². The second kappa shape index (κ2) is 10.1. The average molecular weight is 519 g/mol. The average Bonchev–Trinajstić information content (AvgIpc) is 3.67. The van der Waals surface area contributed by atoms with E-state index < -0.39 is 17.6 Å². The van der Waals surface area contributed by atoms with Crippen LogP contribution >= 0.6 is 0 Å². The van der Waals surface area contributed by atoms with Gasteiger partial charge in [0.25, 0.3) is 5.91 Å². The second-order valence-corrected chi connectivity index (χ2v) is 10.4. The van der Waals surface area contributed by atoms with Crippen molar-refractivity contribution in [1.29, 1.82) is 0 Å². The number of aryl methyl sites for hydroxylation is 2. The zero-order valence-corrected chi connectivity index (χ0v) is 22.1. The molecule has 2 aromatic rings. The van der Waals surface area contributed by atoms with Gasteiger partial charge in [0.05, 0.1) is 0 Å². The van der Waals surface area contributed by atoms with Gasteiger partial charge in [0.1, 0.15) is 6.54 Å². The molecule has 0 unspecified atom stereocenters. The highest BCUT2D eigenvalue weighted by Crippen LogP contribution is 2.46. The molecular weight excluding hydrogens is 484 g/mol. The Labute approximate surface area is 222 Å². The van der Waals surface area contributed by atoms with E-state index in [9.17, 15) is 19.2 Å². The van der Waals surface area contributed by atoms with Gasteiger partial charge in [-0.2, -0.15) is 0 Å². The first-order chi connectivity index (χ1) is 18.3. The van der Waals surface area contributed by atoms with E-state index >= 15 is 0 Å². The van der Waals surface area contributed by atoms with Crippen LogP contribution in [0.15, 0.2) is 42.5 Å². The Morgan fingerprint density at radius 2 is 1.84 bits per heavy atom. The van der Waals surface area contributed by atoms with Gasteiger partial charge in [0.2, 0.25) is 11.5 Å². The van der Waals surface area contributed by atoms with Crippen LogP contribution in [0.1, 0.15) is 55.4 Å². The molecule has 5 amide bonds. The van der Waals surface area contributed by atoms with Crippen molar-refractivity contribution in [2.24, 2.45) is 5.92 Å². The lowest BCUT2D eigenvalue weighted by Crippen LogP contribution is -2.47. The Balaban J connectivity index is 1.34. The van der Waals surface area contributed by atoms with Crippen LogP contribution in [0, 0.1) is 5.92 Å². The first-order valence-electron chi connectivity index (χ1n) is 13.3. The number of carbonyl (C=O) groups is 4. The summed E-state index contributed by atoms with van der Waals surface area (Å²) in [6.45, 7) is 4.21. The molecule has 0 radical (unpaired) electrons. The number of amides is 5. The van der Waals surface area contributed by atoms with Crippen LogP contribution in [0.4, 0.5) is 15.3 Å². The van der Waals surface area contributed by atoms with Crippen LogP contribution in [0.2, 0.25) is 0 Å². The smallest absolute Gasteiger partial charge is 0.418 e. The number of rotatable bonds is 8. The molecule has 2 N–H and O–H groups in total. The van der Waals surface area contributed by atoms with Gasteiger partial charge >= 0.3 is 12.1 Å². The molecule has 1 heterocycles. The molecule has 5 rings (SSSR count). The van der Waals surface area contributed by atoms with E-state index in [0.717, 1.165) is 35.3 Å². The molecule has 200 valence electrons. The van der Waals surface area contributed by atoms with E-state index in [0.29, 0.717) is 36.6 Å². The number of nitrogens with one attached hydrogen (secondary N) is 2. The summed E-state index contributed by atoms with van der Waals surface area (Å²) in [4.78, 5) is 54.6. The largest absolute Gasteiger partial charge is 0.427 e. The van der Waals surface area contributed by atoms with Gasteiger partial charge < -0.3 is 20.3 Å². The first-order valence-corrected chi connectivity index (χ1v) is 13.3. The fraction of sp³-hybridized carbons (Fsp3) is 0.448. The van der Waals surface area contributed by atoms with Crippen LogP contribution in [-0.4, -0.2) is 53.4 Å². The quantitative estimate of drug-likeness (QED) is 0.550. The number of hydrogen-bond acceptors (Lipinski definition) is 5. The SMILES string of the molecule is CCc1ccc(CN(C(=O)CN2C(=O)O[C@@]3(CCc4cc(NC(=O)NC)ccc43)C2=O)[C@@H](C)C2CC2)cc1. The van der Waals surface area contributed by atoms with Crippen molar-refractivity contribution in [2.45, 2.75) is 64.1 Å². The molecule has 3 aliphatic rings. The summed E-state index contributed by atoms with van der Waals surface area (Å²) in [5.74, 6) is -0.344. The van der Waals surface area contributed by atoms with Gasteiger partial charge in [-0.3, -0.25) is 9.59 Å². The number of carbonyl (C=O) groups excluding carboxylic acids is 4.